The molecule has 0 saturated heterocycles. The number of thiazole rings is 1. The first-order valence-corrected chi connectivity index (χ1v) is 8.52. The predicted octanol–water partition coefficient (Wildman–Crippen LogP) is 3.70. The zero-order valence-corrected chi connectivity index (χ0v) is 14.2. The van der Waals surface area contributed by atoms with E-state index in [4.69, 9.17) is 0 Å². The molecule has 2 N–H and O–H groups in total. The third-order valence-corrected chi connectivity index (χ3v) is 4.38. The molecule has 0 spiro atoms. The summed E-state index contributed by atoms with van der Waals surface area (Å²) in [6.45, 7) is 6.84. The van der Waals surface area contributed by atoms with Crippen LogP contribution in [-0.4, -0.2) is 23.5 Å². The van der Waals surface area contributed by atoms with Crippen molar-refractivity contribution in [3.05, 3.63) is 34.7 Å². The fraction of sp³-hybridized carbons (Fsp3) is 0.412. The number of rotatable bonds is 7. The lowest BCUT2D eigenvalue weighted by atomic mass is 10.1. The number of hydrogen-bond acceptors (Lipinski definition) is 4. The highest BCUT2D eigenvalue weighted by atomic mass is 32.1. The second-order valence-electron chi connectivity index (χ2n) is 5.40. The molecule has 1 atom stereocenters. The maximum absolute atomic E-state index is 11.1. The third kappa shape index (κ3) is 4.93. The Bertz CT molecular complexity index is 624. The molecule has 0 aliphatic rings. The van der Waals surface area contributed by atoms with Gasteiger partial charge in [0, 0.05) is 42.6 Å². The molecule has 1 amide bonds. The van der Waals surface area contributed by atoms with E-state index in [0.717, 1.165) is 41.3 Å². The van der Waals surface area contributed by atoms with Gasteiger partial charge < -0.3 is 10.6 Å². The summed E-state index contributed by atoms with van der Waals surface area (Å²) in [7, 11) is 0. The first kappa shape index (κ1) is 16.6. The molecule has 1 heterocycles. The standard InChI is InChI=1S/C17H23N3OS/c1-4-12(2)18-9-8-17-20-16(11-22-17)14-6-5-7-15(10-14)19-13(3)21/h5-7,10-12,18H,4,8-9H2,1-3H3,(H,19,21). The van der Waals surface area contributed by atoms with E-state index in [9.17, 15) is 4.79 Å². The summed E-state index contributed by atoms with van der Waals surface area (Å²) in [6.07, 6.45) is 2.08. The van der Waals surface area contributed by atoms with Gasteiger partial charge in [0.1, 0.15) is 0 Å². The molecular formula is C17H23N3OS. The lowest BCUT2D eigenvalue weighted by Crippen LogP contribution is -2.27. The maximum atomic E-state index is 11.1. The Balaban J connectivity index is 2.00. The molecule has 118 valence electrons. The van der Waals surface area contributed by atoms with Crippen LogP contribution in [0.2, 0.25) is 0 Å². The Morgan fingerprint density at radius 3 is 2.95 bits per heavy atom. The van der Waals surface area contributed by atoms with Crippen LogP contribution < -0.4 is 10.6 Å². The number of anilines is 1. The van der Waals surface area contributed by atoms with Gasteiger partial charge in [-0.05, 0) is 25.5 Å². The Morgan fingerprint density at radius 1 is 1.41 bits per heavy atom. The van der Waals surface area contributed by atoms with E-state index in [2.05, 4.69) is 34.8 Å². The van der Waals surface area contributed by atoms with Gasteiger partial charge in [-0.3, -0.25) is 4.79 Å². The van der Waals surface area contributed by atoms with Crippen LogP contribution in [-0.2, 0) is 11.2 Å². The molecule has 1 unspecified atom stereocenters. The van der Waals surface area contributed by atoms with Crippen LogP contribution in [0, 0.1) is 0 Å². The van der Waals surface area contributed by atoms with Gasteiger partial charge in [-0.1, -0.05) is 19.1 Å². The number of benzene rings is 1. The number of carbonyl (C=O) groups excluding carboxylic acids is 1. The van der Waals surface area contributed by atoms with Crippen molar-refractivity contribution in [1.82, 2.24) is 10.3 Å². The number of amides is 1. The average Bonchev–Trinajstić information content (AvgIpc) is 2.95. The molecular weight excluding hydrogens is 294 g/mol. The molecule has 1 aromatic carbocycles. The second-order valence-corrected chi connectivity index (χ2v) is 6.34. The highest BCUT2D eigenvalue weighted by molar-refractivity contribution is 7.09. The van der Waals surface area contributed by atoms with Crippen molar-refractivity contribution in [2.24, 2.45) is 0 Å². The Hall–Kier alpha value is -1.72. The van der Waals surface area contributed by atoms with Crippen LogP contribution in [0.25, 0.3) is 11.3 Å². The molecule has 2 rings (SSSR count). The zero-order valence-electron chi connectivity index (χ0n) is 13.3. The minimum Gasteiger partial charge on any atom is -0.326 e. The molecule has 0 saturated carbocycles. The summed E-state index contributed by atoms with van der Waals surface area (Å²) in [5, 5.41) is 9.49. The van der Waals surface area contributed by atoms with Gasteiger partial charge in [-0.25, -0.2) is 4.98 Å². The minimum atomic E-state index is -0.0627. The van der Waals surface area contributed by atoms with Crippen molar-refractivity contribution in [3.8, 4) is 11.3 Å². The summed E-state index contributed by atoms with van der Waals surface area (Å²) >= 11 is 1.68. The van der Waals surface area contributed by atoms with Gasteiger partial charge in [0.25, 0.3) is 0 Å². The molecule has 5 heteroatoms. The minimum absolute atomic E-state index is 0.0627. The lowest BCUT2D eigenvalue weighted by Gasteiger charge is -2.09. The van der Waals surface area contributed by atoms with Crippen LogP contribution in [0.5, 0.6) is 0 Å². The van der Waals surface area contributed by atoms with E-state index in [0.29, 0.717) is 6.04 Å². The van der Waals surface area contributed by atoms with Gasteiger partial charge in [0.05, 0.1) is 10.7 Å². The Labute approximate surface area is 136 Å². The van der Waals surface area contributed by atoms with Gasteiger partial charge in [-0.15, -0.1) is 11.3 Å². The van der Waals surface area contributed by atoms with E-state index in [1.54, 1.807) is 11.3 Å². The van der Waals surface area contributed by atoms with E-state index in [1.165, 1.54) is 6.92 Å². The predicted molar refractivity (Wildman–Crippen MR) is 93.3 cm³/mol. The maximum Gasteiger partial charge on any atom is 0.221 e. The number of aromatic nitrogens is 1. The van der Waals surface area contributed by atoms with Gasteiger partial charge in [0.15, 0.2) is 0 Å². The third-order valence-electron chi connectivity index (χ3n) is 3.47. The SMILES string of the molecule is CCC(C)NCCc1nc(-c2cccc(NC(C)=O)c2)cs1. The van der Waals surface area contributed by atoms with Gasteiger partial charge >= 0.3 is 0 Å². The van der Waals surface area contributed by atoms with Gasteiger partial charge in [-0.2, -0.15) is 0 Å². The van der Waals surface area contributed by atoms with Crippen LogP contribution >= 0.6 is 11.3 Å². The second kappa shape index (κ2) is 8.06. The van der Waals surface area contributed by atoms with E-state index in [-0.39, 0.29) is 5.91 Å². The molecule has 2 aromatic rings. The van der Waals surface area contributed by atoms with E-state index >= 15 is 0 Å². The van der Waals surface area contributed by atoms with Gasteiger partial charge in [0.2, 0.25) is 5.91 Å². The Morgan fingerprint density at radius 2 is 2.23 bits per heavy atom. The van der Waals surface area contributed by atoms with E-state index < -0.39 is 0 Å². The van der Waals surface area contributed by atoms with Crippen LogP contribution in [0.1, 0.15) is 32.2 Å². The number of hydrogen-bond donors (Lipinski definition) is 2. The van der Waals surface area contributed by atoms with Crippen molar-refractivity contribution < 1.29 is 4.79 Å². The van der Waals surface area contributed by atoms with Crippen LogP contribution in [0.15, 0.2) is 29.6 Å². The van der Waals surface area contributed by atoms with E-state index in [1.807, 2.05) is 24.3 Å². The number of nitrogens with zero attached hydrogens (tertiary/aromatic N) is 1. The first-order chi connectivity index (χ1) is 10.6. The summed E-state index contributed by atoms with van der Waals surface area (Å²) < 4.78 is 0. The molecule has 0 aliphatic carbocycles. The summed E-state index contributed by atoms with van der Waals surface area (Å²) in [5.74, 6) is -0.0627. The van der Waals surface area contributed by atoms with Crippen molar-refractivity contribution in [2.45, 2.75) is 39.7 Å². The number of carbonyl (C=O) groups is 1. The molecule has 0 bridgehead atoms. The van der Waals surface area contributed by atoms with Crippen molar-refractivity contribution in [3.63, 3.8) is 0 Å². The topological polar surface area (TPSA) is 54.0 Å². The highest BCUT2D eigenvalue weighted by Gasteiger charge is 2.06. The molecule has 1 aromatic heterocycles. The molecule has 22 heavy (non-hydrogen) atoms. The molecule has 0 aliphatic heterocycles. The zero-order chi connectivity index (χ0) is 15.9. The van der Waals surface area contributed by atoms with Crippen LogP contribution in [0.3, 0.4) is 0 Å². The quantitative estimate of drug-likeness (QED) is 0.818. The number of nitrogens with one attached hydrogen (secondary N) is 2. The summed E-state index contributed by atoms with van der Waals surface area (Å²) in [5.41, 5.74) is 2.80. The van der Waals surface area contributed by atoms with Crippen molar-refractivity contribution in [2.75, 3.05) is 11.9 Å². The fourth-order valence-corrected chi connectivity index (χ4v) is 2.90. The van der Waals surface area contributed by atoms with Crippen molar-refractivity contribution >= 4 is 22.9 Å². The smallest absolute Gasteiger partial charge is 0.221 e. The lowest BCUT2D eigenvalue weighted by molar-refractivity contribution is -0.114. The van der Waals surface area contributed by atoms with Crippen LogP contribution in [0.4, 0.5) is 5.69 Å². The average molecular weight is 317 g/mol. The summed E-state index contributed by atoms with van der Waals surface area (Å²) in [4.78, 5) is 15.8. The fourth-order valence-electron chi connectivity index (χ4n) is 2.09. The largest absolute Gasteiger partial charge is 0.326 e. The molecule has 0 radical (unpaired) electrons. The van der Waals surface area contributed by atoms with Crippen molar-refractivity contribution in [1.29, 1.82) is 0 Å². The monoisotopic (exact) mass is 317 g/mol. The normalized spacial score (nSPS) is 12.1. The summed E-state index contributed by atoms with van der Waals surface area (Å²) in [6, 6.07) is 8.34. The first-order valence-electron chi connectivity index (χ1n) is 7.64. The highest BCUT2D eigenvalue weighted by Crippen LogP contribution is 2.24. The molecule has 0 fully saturated rings. The Kier molecular flexibility index (Phi) is 6.10. The molecule has 4 nitrogen and oxygen atoms in total.